The maximum atomic E-state index is 13.1. The Bertz CT molecular complexity index is 1570. The number of carbonyl (C=O) groups is 1. The van der Waals surface area contributed by atoms with E-state index in [1.54, 1.807) is 0 Å². The molecule has 42 heavy (non-hydrogen) atoms. The summed E-state index contributed by atoms with van der Waals surface area (Å²) >= 11 is 0. The Morgan fingerprint density at radius 2 is 1.86 bits per heavy atom. The molecule has 6 heteroatoms. The Morgan fingerprint density at radius 3 is 2.81 bits per heavy atom. The number of allylic oxidation sites excluding steroid dienone is 3. The number of pyridine rings is 1. The third-order valence-corrected chi connectivity index (χ3v) is 11.5. The number of nitrogens with zero attached hydrogens (tertiary/aromatic N) is 3. The monoisotopic (exact) mass is 564 g/mol. The van der Waals surface area contributed by atoms with Crippen LogP contribution < -0.4 is 0 Å². The minimum atomic E-state index is -0.957. The summed E-state index contributed by atoms with van der Waals surface area (Å²) in [5, 5.41) is 15.5. The number of nitrogens with one attached hydrogen (secondary N) is 1. The van der Waals surface area contributed by atoms with Crippen molar-refractivity contribution < 1.29 is 9.90 Å². The van der Waals surface area contributed by atoms with Crippen LogP contribution in [0.25, 0.3) is 27.4 Å². The number of aromatic amines is 1. The Balaban J connectivity index is 1.33. The molecular formula is C36H44N4O2. The Labute approximate surface area is 248 Å². The molecule has 6 heterocycles. The van der Waals surface area contributed by atoms with Crippen molar-refractivity contribution in [1.82, 2.24) is 19.8 Å². The third-order valence-electron chi connectivity index (χ3n) is 11.5. The van der Waals surface area contributed by atoms with Crippen LogP contribution in [0.5, 0.6) is 0 Å². The molecule has 0 radical (unpaired) electrons. The highest BCUT2D eigenvalue weighted by atomic mass is 16.3. The van der Waals surface area contributed by atoms with Gasteiger partial charge < -0.3 is 15.0 Å². The zero-order valence-corrected chi connectivity index (χ0v) is 24.7. The van der Waals surface area contributed by atoms with Gasteiger partial charge in [-0.05, 0) is 107 Å². The first-order valence-electron chi connectivity index (χ1n) is 16.5. The second kappa shape index (κ2) is 10.4. The number of aliphatic hydroxyl groups is 1. The van der Waals surface area contributed by atoms with E-state index in [4.69, 9.17) is 4.98 Å². The maximum absolute atomic E-state index is 13.1. The zero-order valence-electron chi connectivity index (χ0n) is 24.7. The largest absolute Gasteiger partial charge is 0.384 e. The number of para-hydroxylation sites is 1. The fourth-order valence-electron chi connectivity index (χ4n) is 9.86. The predicted molar refractivity (Wildman–Crippen MR) is 168 cm³/mol. The van der Waals surface area contributed by atoms with Crippen LogP contribution in [0, 0.1) is 11.3 Å². The molecule has 3 aromatic rings. The Hall–Kier alpha value is -2.80. The lowest BCUT2D eigenvalue weighted by molar-refractivity contribution is -0.120. The molecule has 1 spiro atoms. The molecular weight excluding hydrogens is 520 g/mol. The number of H-pyrrole nitrogens is 1. The molecule has 1 aromatic carbocycles. The summed E-state index contributed by atoms with van der Waals surface area (Å²) in [7, 11) is 0. The molecule has 6 atom stereocenters. The van der Waals surface area contributed by atoms with Crippen molar-refractivity contribution in [3.63, 3.8) is 0 Å². The van der Waals surface area contributed by atoms with Gasteiger partial charge in [-0.15, -0.1) is 0 Å². The highest BCUT2D eigenvalue weighted by Crippen LogP contribution is 2.62. The van der Waals surface area contributed by atoms with Crippen LogP contribution in [0.4, 0.5) is 0 Å². The van der Waals surface area contributed by atoms with E-state index >= 15 is 0 Å². The molecule has 8 rings (SSSR count). The first kappa shape index (κ1) is 26.8. The highest BCUT2D eigenvalue weighted by molar-refractivity contribution is 6.09. The SMILES string of the molecule is O=C1CCCN2[C@@H](CC1)C[C@]13CN4CCCC/C=C\CC[C@@](O)(C=C(c5nccc6c5[nH]c5ccccc56)[C@@H]1CC4)[C@H]23. The van der Waals surface area contributed by atoms with Crippen LogP contribution >= 0.6 is 0 Å². The molecule has 3 fully saturated rings. The van der Waals surface area contributed by atoms with E-state index in [1.807, 2.05) is 6.20 Å². The molecule has 5 aliphatic rings. The van der Waals surface area contributed by atoms with Crippen LogP contribution in [0.3, 0.4) is 0 Å². The molecule has 0 saturated carbocycles. The van der Waals surface area contributed by atoms with Gasteiger partial charge in [0.1, 0.15) is 5.78 Å². The van der Waals surface area contributed by atoms with Gasteiger partial charge >= 0.3 is 0 Å². The molecule has 220 valence electrons. The number of fused-ring (bicyclic) bond motifs is 5. The molecule has 2 N–H and O–H groups in total. The van der Waals surface area contributed by atoms with Crippen LogP contribution in [0.15, 0.2) is 54.8 Å². The third kappa shape index (κ3) is 4.24. The van der Waals surface area contributed by atoms with E-state index in [-0.39, 0.29) is 11.5 Å². The summed E-state index contributed by atoms with van der Waals surface area (Å²) in [4.78, 5) is 26.8. The summed E-state index contributed by atoms with van der Waals surface area (Å²) in [5.74, 6) is 0.744. The van der Waals surface area contributed by atoms with E-state index in [1.165, 1.54) is 29.2 Å². The first-order chi connectivity index (χ1) is 20.6. The topological polar surface area (TPSA) is 72.5 Å². The Morgan fingerprint density at radius 1 is 0.952 bits per heavy atom. The van der Waals surface area contributed by atoms with Crippen molar-refractivity contribution in [3.8, 4) is 0 Å². The lowest BCUT2D eigenvalue weighted by Crippen LogP contribution is -2.65. The minimum absolute atomic E-state index is 0.0656. The van der Waals surface area contributed by atoms with Crippen molar-refractivity contribution in [2.75, 3.05) is 26.2 Å². The van der Waals surface area contributed by atoms with Gasteiger partial charge in [-0.1, -0.05) is 30.4 Å². The molecule has 1 unspecified atom stereocenters. The molecule has 2 aromatic heterocycles. The van der Waals surface area contributed by atoms with Crippen molar-refractivity contribution in [2.45, 2.75) is 88.3 Å². The number of aromatic nitrogens is 2. The smallest absolute Gasteiger partial charge is 0.133 e. The summed E-state index contributed by atoms with van der Waals surface area (Å²) < 4.78 is 0. The molecule has 3 saturated heterocycles. The normalized spacial score (nSPS) is 36.7. The number of hydrogen-bond acceptors (Lipinski definition) is 5. The second-order valence-corrected chi connectivity index (χ2v) is 13.9. The molecule has 3 bridgehead atoms. The summed E-state index contributed by atoms with van der Waals surface area (Å²) in [6.45, 7) is 4.16. The average molecular weight is 565 g/mol. The number of rotatable bonds is 1. The Kier molecular flexibility index (Phi) is 6.65. The van der Waals surface area contributed by atoms with Crippen LogP contribution in [0.1, 0.15) is 76.3 Å². The van der Waals surface area contributed by atoms with Crippen LogP contribution in [-0.4, -0.2) is 74.5 Å². The minimum Gasteiger partial charge on any atom is -0.384 e. The van der Waals surface area contributed by atoms with Gasteiger partial charge in [0.05, 0.1) is 16.8 Å². The number of piperidine rings is 1. The van der Waals surface area contributed by atoms with E-state index < -0.39 is 5.60 Å². The summed E-state index contributed by atoms with van der Waals surface area (Å²) in [6.07, 6.45) is 19.4. The number of ketones is 1. The zero-order chi connectivity index (χ0) is 28.3. The quantitative estimate of drug-likeness (QED) is 0.342. The first-order valence-corrected chi connectivity index (χ1v) is 16.5. The van der Waals surface area contributed by atoms with Gasteiger partial charge in [0.25, 0.3) is 0 Å². The molecule has 1 aliphatic carbocycles. The van der Waals surface area contributed by atoms with Gasteiger partial charge in [0.15, 0.2) is 0 Å². The maximum Gasteiger partial charge on any atom is 0.133 e. The molecule has 4 aliphatic heterocycles. The lowest BCUT2D eigenvalue weighted by Gasteiger charge is -2.58. The summed E-state index contributed by atoms with van der Waals surface area (Å²) in [5.41, 5.74) is 3.47. The van der Waals surface area contributed by atoms with E-state index in [0.717, 1.165) is 87.9 Å². The van der Waals surface area contributed by atoms with Gasteiger partial charge in [-0.2, -0.15) is 0 Å². The van der Waals surface area contributed by atoms with Crippen molar-refractivity contribution >= 4 is 33.2 Å². The molecule has 0 amide bonds. The van der Waals surface area contributed by atoms with Crippen molar-refractivity contribution in [3.05, 3.63) is 60.5 Å². The fourth-order valence-corrected chi connectivity index (χ4v) is 9.86. The van der Waals surface area contributed by atoms with E-state index in [9.17, 15) is 9.90 Å². The van der Waals surface area contributed by atoms with Gasteiger partial charge in [-0.3, -0.25) is 14.7 Å². The van der Waals surface area contributed by atoms with Gasteiger partial charge in [0.2, 0.25) is 0 Å². The standard InChI is InChI=1S/C36H44N4O2/c41-26-10-9-20-40-25(13-14-26)22-35-24-39-19-8-4-2-1-3-7-17-36(42,34(35)40)23-29(30(35)16-21-39)32-33-28(15-18-37-32)27-11-5-6-12-31(27)38-33/h1,3,5-6,11-12,15,18,23,25,30,34,38,42H,2,4,7-10,13-14,16-17,19-22,24H2/b3-1-/t25-,30-,34+,35-,36+/m0/s1. The summed E-state index contributed by atoms with van der Waals surface area (Å²) in [6, 6.07) is 11.1. The van der Waals surface area contributed by atoms with Crippen molar-refractivity contribution in [2.24, 2.45) is 11.3 Å². The van der Waals surface area contributed by atoms with Crippen LogP contribution in [0.2, 0.25) is 0 Å². The highest BCUT2D eigenvalue weighted by Gasteiger charge is 2.66. The number of carbonyl (C=O) groups excluding carboxylic acids is 1. The number of Topliss-reactive ketones (excluding diaryl/α,β-unsaturated/α-hetero) is 1. The number of benzene rings is 1. The lowest BCUT2D eigenvalue weighted by atomic mass is 9.54. The fraction of sp³-hybridized carbons (Fsp3) is 0.556. The predicted octanol–water partition coefficient (Wildman–Crippen LogP) is 6.26. The molecule has 6 nitrogen and oxygen atoms in total. The van der Waals surface area contributed by atoms with Crippen LogP contribution in [-0.2, 0) is 4.79 Å². The van der Waals surface area contributed by atoms with Gasteiger partial charge in [-0.25, -0.2) is 0 Å². The second-order valence-electron chi connectivity index (χ2n) is 13.9. The number of hydrogen-bond donors (Lipinski definition) is 2. The van der Waals surface area contributed by atoms with Gasteiger partial charge in [0, 0.05) is 59.4 Å². The van der Waals surface area contributed by atoms with E-state index in [2.05, 4.69) is 63.3 Å². The average Bonchev–Trinajstić information content (AvgIpc) is 3.51. The van der Waals surface area contributed by atoms with E-state index in [0.29, 0.717) is 30.6 Å². The van der Waals surface area contributed by atoms with Crippen molar-refractivity contribution in [1.29, 1.82) is 0 Å².